The monoisotopic (exact) mass is 306 g/mol. The van der Waals surface area contributed by atoms with Crippen LogP contribution in [0.4, 0.5) is 0 Å². The van der Waals surface area contributed by atoms with E-state index in [0.717, 1.165) is 44.6 Å². The number of likely N-dealkylation sites (N-methyl/N-ethyl adjacent to an activating group) is 1. The maximum Gasteiger partial charge on any atom is 0.246 e. The summed E-state index contributed by atoms with van der Waals surface area (Å²) < 4.78 is 0. The molecule has 0 bridgehead atoms. The van der Waals surface area contributed by atoms with Crippen LogP contribution in [0.5, 0.6) is 0 Å². The van der Waals surface area contributed by atoms with Gasteiger partial charge in [0.05, 0.1) is 0 Å². The third kappa shape index (κ3) is 5.18. The molecule has 0 unspecified atom stereocenters. The predicted octanol–water partition coefficient (Wildman–Crippen LogP) is 3.20. The van der Waals surface area contributed by atoms with Gasteiger partial charge in [-0.05, 0) is 62.5 Å². The van der Waals surface area contributed by atoms with Crippen molar-refractivity contribution in [1.29, 1.82) is 0 Å². The molecule has 0 aromatic heterocycles. The molecule has 21 heavy (non-hydrogen) atoms. The van der Waals surface area contributed by atoms with E-state index in [1.54, 1.807) is 6.08 Å². The molecule has 1 aliphatic heterocycles. The number of carbonyl (C=O) groups excluding carboxylic acids is 1. The molecule has 0 radical (unpaired) electrons. The highest BCUT2D eigenvalue weighted by Gasteiger charge is 2.18. The van der Waals surface area contributed by atoms with Crippen molar-refractivity contribution < 1.29 is 4.79 Å². The first kappa shape index (κ1) is 16.1. The number of rotatable bonds is 5. The molecule has 3 nitrogen and oxygen atoms in total. The Bertz CT molecular complexity index is 478. The highest BCUT2D eigenvalue weighted by Crippen LogP contribution is 2.14. The normalized spacial score (nSPS) is 16.3. The number of amides is 1. The zero-order chi connectivity index (χ0) is 15.1. The second-order valence-corrected chi connectivity index (χ2v) is 5.89. The number of hydrogen-bond donors (Lipinski definition) is 1. The number of hydrogen-bond acceptors (Lipinski definition) is 2. The molecule has 1 aromatic carbocycles. The molecule has 0 aliphatic carbocycles. The summed E-state index contributed by atoms with van der Waals surface area (Å²) in [7, 11) is 0. The predicted molar refractivity (Wildman–Crippen MR) is 88.3 cm³/mol. The van der Waals surface area contributed by atoms with Gasteiger partial charge in [0.1, 0.15) is 0 Å². The van der Waals surface area contributed by atoms with E-state index in [-0.39, 0.29) is 5.91 Å². The summed E-state index contributed by atoms with van der Waals surface area (Å²) in [5.74, 6) is 0.713. The Hall–Kier alpha value is -1.32. The van der Waals surface area contributed by atoms with Crippen LogP contribution in [0, 0.1) is 5.92 Å². The largest absolute Gasteiger partial charge is 0.339 e. The second-order valence-electron chi connectivity index (χ2n) is 5.46. The van der Waals surface area contributed by atoms with Gasteiger partial charge in [-0.2, -0.15) is 0 Å². The van der Waals surface area contributed by atoms with Crippen LogP contribution < -0.4 is 5.32 Å². The fraction of sp³-hybridized carbons (Fsp3) is 0.471. The molecule has 4 heteroatoms. The topological polar surface area (TPSA) is 32.3 Å². The van der Waals surface area contributed by atoms with E-state index in [1.807, 2.05) is 42.2 Å². The molecule has 0 atom stereocenters. The van der Waals surface area contributed by atoms with Crippen molar-refractivity contribution in [2.75, 3.05) is 26.2 Å². The SMILES string of the molecule is CCN(CC1CCNCC1)C(=O)C=Cc1ccc(Cl)cc1. The highest BCUT2D eigenvalue weighted by atomic mass is 35.5. The average Bonchev–Trinajstić information content (AvgIpc) is 2.52. The fourth-order valence-corrected chi connectivity index (χ4v) is 2.72. The molecule has 1 N–H and O–H groups in total. The molecule has 114 valence electrons. The Morgan fingerprint density at radius 3 is 2.62 bits per heavy atom. The molecular formula is C17H23ClN2O. The third-order valence-electron chi connectivity index (χ3n) is 3.92. The van der Waals surface area contributed by atoms with Gasteiger partial charge >= 0.3 is 0 Å². The number of carbonyl (C=O) groups is 1. The van der Waals surface area contributed by atoms with Crippen LogP contribution in [-0.4, -0.2) is 37.0 Å². The lowest BCUT2D eigenvalue weighted by molar-refractivity contribution is -0.126. The third-order valence-corrected chi connectivity index (χ3v) is 4.17. The summed E-state index contributed by atoms with van der Waals surface area (Å²) in [6, 6.07) is 7.49. The van der Waals surface area contributed by atoms with Crippen LogP contribution in [0.2, 0.25) is 5.02 Å². The van der Waals surface area contributed by atoms with Gasteiger partial charge in [-0.1, -0.05) is 23.7 Å². The van der Waals surface area contributed by atoms with Crippen LogP contribution in [0.3, 0.4) is 0 Å². The van der Waals surface area contributed by atoms with Crippen molar-refractivity contribution >= 4 is 23.6 Å². The molecule has 1 amide bonds. The van der Waals surface area contributed by atoms with E-state index in [2.05, 4.69) is 5.32 Å². The second kappa shape index (κ2) is 8.20. The molecule has 2 rings (SSSR count). The molecule has 1 saturated heterocycles. The van der Waals surface area contributed by atoms with Crippen LogP contribution in [0.15, 0.2) is 30.3 Å². The van der Waals surface area contributed by atoms with Gasteiger partial charge in [-0.25, -0.2) is 0 Å². The number of benzene rings is 1. The Kier molecular flexibility index (Phi) is 6.27. The zero-order valence-corrected chi connectivity index (χ0v) is 13.3. The van der Waals surface area contributed by atoms with Crippen molar-refractivity contribution in [2.45, 2.75) is 19.8 Å². The Morgan fingerprint density at radius 2 is 2.00 bits per heavy atom. The van der Waals surface area contributed by atoms with Crippen LogP contribution >= 0.6 is 11.6 Å². The Labute approximate surface area is 132 Å². The zero-order valence-electron chi connectivity index (χ0n) is 12.5. The molecule has 1 heterocycles. The van der Waals surface area contributed by atoms with Gasteiger partial charge < -0.3 is 10.2 Å². The minimum atomic E-state index is 0.0889. The van der Waals surface area contributed by atoms with Gasteiger partial charge in [-0.15, -0.1) is 0 Å². The summed E-state index contributed by atoms with van der Waals surface area (Å²) in [6.07, 6.45) is 5.83. The number of nitrogens with zero attached hydrogens (tertiary/aromatic N) is 1. The molecule has 0 saturated carbocycles. The first-order chi connectivity index (χ1) is 10.2. The summed E-state index contributed by atoms with van der Waals surface area (Å²) in [4.78, 5) is 14.2. The highest BCUT2D eigenvalue weighted by molar-refractivity contribution is 6.30. The van der Waals surface area contributed by atoms with Crippen LogP contribution in [-0.2, 0) is 4.79 Å². The summed E-state index contributed by atoms with van der Waals surface area (Å²) >= 11 is 5.85. The number of halogens is 1. The fourth-order valence-electron chi connectivity index (χ4n) is 2.60. The molecule has 0 spiro atoms. The van der Waals surface area contributed by atoms with Crippen molar-refractivity contribution in [3.63, 3.8) is 0 Å². The first-order valence-corrected chi connectivity index (χ1v) is 8.00. The molecule has 1 aliphatic rings. The van der Waals surface area contributed by atoms with E-state index in [4.69, 9.17) is 11.6 Å². The first-order valence-electron chi connectivity index (χ1n) is 7.62. The Morgan fingerprint density at radius 1 is 1.33 bits per heavy atom. The lowest BCUT2D eigenvalue weighted by atomic mass is 9.97. The van der Waals surface area contributed by atoms with Gasteiger partial charge in [0.25, 0.3) is 0 Å². The van der Waals surface area contributed by atoms with Crippen molar-refractivity contribution in [2.24, 2.45) is 5.92 Å². The lowest BCUT2D eigenvalue weighted by Crippen LogP contribution is -2.38. The number of piperidine rings is 1. The quantitative estimate of drug-likeness (QED) is 0.847. The van der Waals surface area contributed by atoms with E-state index in [0.29, 0.717) is 10.9 Å². The van der Waals surface area contributed by atoms with E-state index in [9.17, 15) is 4.79 Å². The smallest absolute Gasteiger partial charge is 0.246 e. The maximum atomic E-state index is 12.3. The van der Waals surface area contributed by atoms with Crippen LogP contribution in [0.25, 0.3) is 6.08 Å². The minimum Gasteiger partial charge on any atom is -0.339 e. The molecule has 1 aromatic rings. The van der Waals surface area contributed by atoms with E-state index >= 15 is 0 Å². The van der Waals surface area contributed by atoms with E-state index in [1.165, 1.54) is 0 Å². The minimum absolute atomic E-state index is 0.0889. The molecular weight excluding hydrogens is 284 g/mol. The van der Waals surface area contributed by atoms with Gasteiger partial charge in [0, 0.05) is 24.2 Å². The van der Waals surface area contributed by atoms with Crippen molar-refractivity contribution in [3.8, 4) is 0 Å². The van der Waals surface area contributed by atoms with Crippen LogP contribution in [0.1, 0.15) is 25.3 Å². The standard InChI is InChI=1S/C17H23ClN2O/c1-2-20(13-15-9-11-19-12-10-15)17(21)8-5-14-3-6-16(18)7-4-14/h3-8,15,19H,2,9-13H2,1H3. The van der Waals surface area contributed by atoms with Gasteiger partial charge in [0.2, 0.25) is 5.91 Å². The van der Waals surface area contributed by atoms with Crippen molar-refractivity contribution in [3.05, 3.63) is 40.9 Å². The maximum absolute atomic E-state index is 12.3. The lowest BCUT2D eigenvalue weighted by Gasteiger charge is -2.28. The van der Waals surface area contributed by atoms with E-state index < -0.39 is 0 Å². The Balaban J connectivity index is 1.91. The molecule has 1 fully saturated rings. The van der Waals surface area contributed by atoms with Crippen molar-refractivity contribution in [1.82, 2.24) is 10.2 Å². The van der Waals surface area contributed by atoms with Gasteiger partial charge in [-0.3, -0.25) is 4.79 Å². The summed E-state index contributed by atoms with van der Waals surface area (Å²) in [5.41, 5.74) is 0.991. The summed E-state index contributed by atoms with van der Waals surface area (Å²) in [6.45, 7) is 5.79. The van der Waals surface area contributed by atoms with Gasteiger partial charge in [0.15, 0.2) is 0 Å². The summed E-state index contributed by atoms with van der Waals surface area (Å²) in [5, 5.41) is 4.07. The number of nitrogens with one attached hydrogen (secondary N) is 1. The average molecular weight is 307 g/mol.